The summed E-state index contributed by atoms with van der Waals surface area (Å²) in [6.07, 6.45) is 0. The molecule has 23 heavy (non-hydrogen) atoms. The van der Waals surface area contributed by atoms with Crippen molar-refractivity contribution in [3.05, 3.63) is 58.8 Å². The SMILES string of the molecule is COC(=O)CN(c1cccc(Br)c1)S(=O)(=O)c1ccc(F)cc1. The minimum atomic E-state index is -4.05. The fraction of sp³-hybridized carbons (Fsp3) is 0.133. The van der Waals surface area contributed by atoms with Crippen molar-refractivity contribution in [3.63, 3.8) is 0 Å². The molecule has 0 radical (unpaired) electrons. The highest BCUT2D eigenvalue weighted by atomic mass is 79.9. The van der Waals surface area contributed by atoms with Gasteiger partial charge in [-0.2, -0.15) is 0 Å². The summed E-state index contributed by atoms with van der Waals surface area (Å²) < 4.78 is 44.7. The van der Waals surface area contributed by atoms with E-state index in [1.165, 1.54) is 7.11 Å². The van der Waals surface area contributed by atoms with Crippen LogP contribution in [0.3, 0.4) is 0 Å². The average molecular weight is 402 g/mol. The quantitative estimate of drug-likeness (QED) is 0.722. The minimum absolute atomic E-state index is 0.122. The summed E-state index contributed by atoms with van der Waals surface area (Å²) in [6, 6.07) is 10.9. The molecule has 0 saturated heterocycles. The van der Waals surface area contributed by atoms with E-state index in [-0.39, 0.29) is 10.6 Å². The van der Waals surface area contributed by atoms with Crippen LogP contribution in [0.25, 0.3) is 0 Å². The van der Waals surface area contributed by atoms with Gasteiger partial charge in [-0.25, -0.2) is 12.8 Å². The molecule has 0 aliphatic carbocycles. The van der Waals surface area contributed by atoms with Gasteiger partial charge in [0, 0.05) is 4.47 Å². The molecule has 0 spiro atoms. The van der Waals surface area contributed by atoms with Crippen LogP contribution in [-0.4, -0.2) is 28.0 Å². The summed E-state index contributed by atoms with van der Waals surface area (Å²) in [6.45, 7) is -0.493. The Labute approximate surface area is 141 Å². The maximum Gasteiger partial charge on any atom is 0.326 e. The van der Waals surface area contributed by atoms with Gasteiger partial charge in [0.05, 0.1) is 17.7 Å². The molecule has 0 aliphatic heterocycles. The van der Waals surface area contributed by atoms with Crippen molar-refractivity contribution in [3.8, 4) is 0 Å². The number of carbonyl (C=O) groups excluding carboxylic acids is 1. The molecule has 2 rings (SSSR count). The average Bonchev–Trinajstić information content (AvgIpc) is 2.52. The highest BCUT2D eigenvalue weighted by Gasteiger charge is 2.27. The Morgan fingerprint density at radius 2 is 1.87 bits per heavy atom. The first-order chi connectivity index (χ1) is 10.8. The maximum atomic E-state index is 13.0. The number of sulfonamides is 1. The van der Waals surface area contributed by atoms with Crippen LogP contribution >= 0.6 is 15.9 Å². The molecular weight excluding hydrogens is 389 g/mol. The van der Waals surface area contributed by atoms with E-state index >= 15 is 0 Å². The zero-order valence-electron chi connectivity index (χ0n) is 12.1. The predicted octanol–water partition coefficient (Wildman–Crippen LogP) is 2.96. The van der Waals surface area contributed by atoms with Gasteiger partial charge in [-0.1, -0.05) is 22.0 Å². The number of rotatable bonds is 5. The Morgan fingerprint density at radius 1 is 1.22 bits per heavy atom. The highest BCUT2D eigenvalue weighted by Crippen LogP contribution is 2.26. The van der Waals surface area contributed by atoms with E-state index in [4.69, 9.17) is 0 Å². The van der Waals surface area contributed by atoms with Crippen molar-refractivity contribution in [2.24, 2.45) is 0 Å². The molecule has 0 heterocycles. The molecule has 0 aromatic heterocycles. The molecule has 0 N–H and O–H groups in total. The molecular formula is C15H13BrFNO4S. The molecule has 2 aromatic rings. The lowest BCUT2D eigenvalue weighted by Crippen LogP contribution is -2.36. The van der Waals surface area contributed by atoms with Gasteiger partial charge in [0.25, 0.3) is 10.0 Å². The molecule has 0 atom stereocenters. The predicted molar refractivity (Wildman–Crippen MR) is 87.1 cm³/mol. The molecule has 122 valence electrons. The lowest BCUT2D eigenvalue weighted by Gasteiger charge is -2.23. The summed E-state index contributed by atoms with van der Waals surface area (Å²) >= 11 is 3.26. The number of hydrogen-bond donors (Lipinski definition) is 0. The zero-order valence-corrected chi connectivity index (χ0v) is 14.5. The number of ether oxygens (including phenoxy) is 1. The first kappa shape index (κ1) is 17.4. The lowest BCUT2D eigenvalue weighted by atomic mass is 10.3. The van der Waals surface area contributed by atoms with Gasteiger partial charge in [0.1, 0.15) is 12.4 Å². The second kappa shape index (κ2) is 7.10. The summed E-state index contributed by atoms with van der Waals surface area (Å²) in [5.74, 6) is -1.26. The van der Waals surface area contributed by atoms with Gasteiger partial charge in [0.15, 0.2) is 0 Å². The topological polar surface area (TPSA) is 63.7 Å². The summed E-state index contributed by atoms with van der Waals surface area (Å²) in [5.41, 5.74) is 0.286. The first-order valence-electron chi connectivity index (χ1n) is 6.45. The normalized spacial score (nSPS) is 11.1. The third-order valence-electron chi connectivity index (χ3n) is 3.00. The fourth-order valence-electron chi connectivity index (χ4n) is 1.86. The molecule has 5 nitrogen and oxygen atoms in total. The molecule has 8 heteroatoms. The number of esters is 1. The monoisotopic (exact) mass is 401 g/mol. The maximum absolute atomic E-state index is 13.0. The number of hydrogen-bond acceptors (Lipinski definition) is 4. The minimum Gasteiger partial charge on any atom is -0.468 e. The van der Waals surface area contributed by atoms with Crippen molar-refractivity contribution in [1.82, 2.24) is 0 Å². The number of nitrogens with zero attached hydrogens (tertiary/aromatic N) is 1. The van der Waals surface area contributed by atoms with E-state index in [9.17, 15) is 17.6 Å². The van der Waals surface area contributed by atoms with Gasteiger partial charge in [-0.15, -0.1) is 0 Å². The van der Waals surface area contributed by atoms with Crippen molar-refractivity contribution >= 4 is 37.6 Å². The molecule has 2 aromatic carbocycles. The van der Waals surface area contributed by atoms with Crippen molar-refractivity contribution in [2.75, 3.05) is 18.0 Å². The van der Waals surface area contributed by atoms with E-state index < -0.39 is 28.4 Å². The number of halogens is 2. The van der Waals surface area contributed by atoms with Crippen molar-refractivity contribution < 1.29 is 22.3 Å². The number of anilines is 1. The largest absolute Gasteiger partial charge is 0.468 e. The van der Waals surface area contributed by atoms with Crippen LogP contribution in [-0.2, 0) is 19.6 Å². The van der Waals surface area contributed by atoms with Gasteiger partial charge in [-0.3, -0.25) is 9.10 Å². The van der Waals surface area contributed by atoms with E-state index in [0.717, 1.165) is 28.6 Å². The Morgan fingerprint density at radius 3 is 2.43 bits per heavy atom. The van der Waals surface area contributed by atoms with Gasteiger partial charge in [-0.05, 0) is 42.5 Å². The van der Waals surface area contributed by atoms with Crippen molar-refractivity contribution in [2.45, 2.75) is 4.90 Å². The molecule has 0 unspecified atom stereocenters. The van der Waals surface area contributed by atoms with Crippen LogP contribution < -0.4 is 4.31 Å². The molecule has 0 bridgehead atoms. The third kappa shape index (κ3) is 4.08. The van der Waals surface area contributed by atoms with E-state index in [1.807, 2.05) is 0 Å². The van der Waals surface area contributed by atoms with Crippen LogP contribution in [0.5, 0.6) is 0 Å². The third-order valence-corrected chi connectivity index (χ3v) is 5.28. The Hall–Kier alpha value is -1.93. The molecule has 0 saturated carbocycles. The van der Waals surface area contributed by atoms with Crippen LogP contribution in [0.15, 0.2) is 57.9 Å². The molecule has 0 amide bonds. The zero-order chi connectivity index (χ0) is 17.0. The summed E-state index contributed by atoms with van der Waals surface area (Å²) in [5, 5.41) is 0. The lowest BCUT2D eigenvalue weighted by molar-refractivity contribution is -0.138. The summed E-state index contributed by atoms with van der Waals surface area (Å²) in [7, 11) is -2.88. The second-order valence-corrected chi connectivity index (χ2v) is 7.30. The second-order valence-electron chi connectivity index (χ2n) is 4.52. The van der Waals surface area contributed by atoms with Gasteiger partial charge < -0.3 is 4.74 Å². The molecule has 0 aliphatic rings. The van der Waals surface area contributed by atoms with E-state index in [2.05, 4.69) is 20.7 Å². The number of carbonyl (C=O) groups is 1. The Bertz CT molecular complexity index is 808. The first-order valence-corrected chi connectivity index (χ1v) is 8.68. The Balaban J connectivity index is 2.51. The fourth-order valence-corrected chi connectivity index (χ4v) is 3.65. The highest BCUT2D eigenvalue weighted by molar-refractivity contribution is 9.10. The van der Waals surface area contributed by atoms with Crippen LogP contribution in [0.2, 0.25) is 0 Å². The van der Waals surface area contributed by atoms with Gasteiger partial charge >= 0.3 is 5.97 Å². The summed E-state index contributed by atoms with van der Waals surface area (Å²) in [4.78, 5) is 11.5. The van der Waals surface area contributed by atoms with Crippen LogP contribution in [0.1, 0.15) is 0 Å². The Kier molecular flexibility index (Phi) is 5.38. The van der Waals surface area contributed by atoms with Gasteiger partial charge in [0.2, 0.25) is 0 Å². The van der Waals surface area contributed by atoms with Crippen LogP contribution in [0.4, 0.5) is 10.1 Å². The smallest absolute Gasteiger partial charge is 0.326 e. The van der Waals surface area contributed by atoms with Crippen LogP contribution in [0, 0.1) is 5.82 Å². The molecule has 0 fully saturated rings. The standard InChI is InChI=1S/C15H13BrFNO4S/c1-22-15(19)10-18(13-4-2-3-11(16)9-13)23(20,21)14-7-5-12(17)6-8-14/h2-9H,10H2,1H3. The number of benzene rings is 2. The number of methoxy groups -OCH3 is 1. The van der Waals surface area contributed by atoms with Crippen molar-refractivity contribution in [1.29, 1.82) is 0 Å². The van der Waals surface area contributed by atoms with E-state index in [0.29, 0.717) is 4.47 Å². The van der Waals surface area contributed by atoms with E-state index in [1.54, 1.807) is 24.3 Å².